The molecule has 3 rings (SSSR count). The Morgan fingerprint density at radius 3 is 2.48 bits per heavy atom. The molecule has 0 radical (unpaired) electrons. The van der Waals surface area contributed by atoms with Crippen molar-refractivity contribution < 1.29 is 10.2 Å². The van der Waals surface area contributed by atoms with Crippen LogP contribution < -0.4 is 4.90 Å². The standard InChI is InChI=1S/C18H21NO2/c1-12-7-14-5-3-4-6-18(14)19(11-12)13(2)15-8-16(20)10-17(21)9-15/h3-6,8-10,12-13,20-21H,7,11H2,1-2H3. The van der Waals surface area contributed by atoms with Gasteiger partial charge in [0.2, 0.25) is 0 Å². The molecule has 3 heteroatoms. The maximum absolute atomic E-state index is 9.71. The highest BCUT2D eigenvalue weighted by molar-refractivity contribution is 5.57. The van der Waals surface area contributed by atoms with Crippen LogP contribution in [0.25, 0.3) is 0 Å². The Bertz CT molecular complexity index is 633. The number of rotatable bonds is 2. The fraction of sp³-hybridized carbons (Fsp3) is 0.333. The quantitative estimate of drug-likeness (QED) is 0.879. The Labute approximate surface area is 125 Å². The van der Waals surface area contributed by atoms with Crippen LogP contribution in [0, 0.1) is 5.92 Å². The van der Waals surface area contributed by atoms with E-state index in [-0.39, 0.29) is 17.5 Å². The van der Waals surface area contributed by atoms with E-state index in [1.165, 1.54) is 17.3 Å². The van der Waals surface area contributed by atoms with E-state index in [9.17, 15) is 10.2 Å². The van der Waals surface area contributed by atoms with E-state index in [4.69, 9.17) is 0 Å². The van der Waals surface area contributed by atoms with Crippen LogP contribution >= 0.6 is 0 Å². The summed E-state index contributed by atoms with van der Waals surface area (Å²) in [4.78, 5) is 2.36. The summed E-state index contributed by atoms with van der Waals surface area (Å²) in [7, 11) is 0. The fourth-order valence-electron chi connectivity index (χ4n) is 3.24. The van der Waals surface area contributed by atoms with Crippen LogP contribution in [-0.4, -0.2) is 16.8 Å². The second kappa shape index (κ2) is 5.32. The Hall–Kier alpha value is -2.16. The number of benzene rings is 2. The topological polar surface area (TPSA) is 43.7 Å². The summed E-state index contributed by atoms with van der Waals surface area (Å²) in [5, 5.41) is 19.4. The van der Waals surface area contributed by atoms with Crippen molar-refractivity contribution in [1.29, 1.82) is 0 Å². The van der Waals surface area contributed by atoms with Crippen molar-refractivity contribution in [2.75, 3.05) is 11.4 Å². The first kappa shape index (κ1) is 13.8. The molecular formula is C18H21NO2. The maximum Gasteiger partial charge on any atom is 0.119 e. The van der Waals surface area contributed by atoms with Crippen molar-refractivity contribution in [3.05, 3.63) is 53.6 Å². The van der Waals surface area contributed by atoms with Gasteiger partial charge in [-0.05, 0) is 48.6 Å². The highest BCUT2D eigenvalue weighted by atomic mass is 16.3. The number of hydrogen-bond acceptors (Lipinski definition) is 3. The Kier molecular flexibility index (Phi) is 3.50. The normalized spacial score (nSPS) is 19.1. The molecule has 0 bridgehead atoms. The van der Waals surface area contributed by atoms with Crippen LogP contribution in [0.3, 0.4) is 0 Å². The van der Waals surface area contributed by atoms with Gasteiger partial charge in [0.1, 0.15) is 11.5 Å². The zero-order chi connectivity index (χ0) is 15.0. The van der Waals surface area contributed by atoms with E-state index in [2.05, 4.69) is 43.0 Å². The van der Waals surface area contributed by atoms with Crippen LogP contribution in [0.15, 0.2) is 42.5 Å². The summed E-state index contributed by atoms with van der Waals surface area (Å²) < 4.78 is 0. The summed E-state index contributed by atoms with van der Waals surface area (Å²) in [6.45, 7) is 5.35. The average molecular weight is 283 g/mol. The van der Waals surface area contributed by atoms with E-state index in [1.54, 1.807) is 12.1 Å². The highest BCUT2D eigenvalue weighted by Gasteiger charge is 2.26. The fourth-order valence-corrected chi connectivity index (χ4v) is 3.24. The summed E-state index contributed by atoms with van der Waals surface area (Å²) in [5.41, 5.74) is 3.55. The van der Waals surface area contributed by atoms with Crippen molar-refractivity contribution in [2.24, 2.45) is 5.92 Å². The average Bonchev–Trinajstić information content (AvgIpc) is 2.44. The monoisotopic (exact) mass is 283 g/mol. The number of aromatic hydroxyl groups is 2. The first-order valence-corrected chi connectivity index (χ1v) is 7.42. The van der Waals surface area contributed by atoms with E-state index < -0.39 is 0 Å². The molecule has 0 saturated heterocycles. The second-order valence-corrected chi connectivity index (χ2v) is 6.05. The van der Waals surface area contributed by atoms with E-state index in [1.807, 2.05) is 0 Å². The summed E-state index contributed by atoms with van der Waals surface area (Å²) in [6, 6.07) is 13.4. The zero-order valence-corrected chi connectivity index (χ0v) is 12.5. The Morgan fingerprint density at radius 1 is 1.10 bits per heavy atom. The summed E-state index contributed by atoms with van der Waals surface area (Å²) in [5.74, 6) is 0.804. The third-order valence-corrected chi connectivity index (χ3v) is 4.25. The van der Waals surface area contributed by atoms with Crippen LogP contribution in [0.4, 0.5) is 5.69 Å². The number of phenolic OH excluding ortho intramolecular Hbond substituents is 2. The molecule has 0 saturated carbocycles. The van der Waals surface area contributed by atoms with Crippen LogP contribution in [0.2, 0.25) is 0 Å². The van der Waals surface area contributed by atoms with E-state index in [0.717, 1.165) is 18.5 Å². The zero-order valence-electron chi connectivity index (χ0n) is 12.5. The van der Waals surface area contributed by atoms with E-state index in [0.29, 0.717) is 5.92 Å². The van der Waals surface area contributed by atoms with Crippen molar-refractivity contribution in [2.45, 2.75) is 26.3 Å². The van der Waals surface area contributed by atoms with E-state index >= 15 is 0 Å². The third-order valence-electron chi connectivity index (χ3n) is 4.25. The lowest BCUT2D eigenvalue weighted by molar-refractivity contribution is 0.446. The van der Waals surface area contributed by atoms with Gasteiger partial charge in [-0.25, -0.2) is 0 Å². The van der Waals surface area contributed by atoms with Crippen LogP contribution in [-0.2, 0) is 6.42 Å². The Balaban J connectivity index is 1.99. The number of hydrogen-bond donors (Lipinski definition) is 2. The van der Waals surface area contributed by atoms with Gasteiger partial charge in [-0.3, -0.25) is 0 Å². The van der Waals surface area contributed by atoms with Crippen LogP contribution in [0.5, 0.6) is 11.5 Å². The second-order valence-electron chi connectivity index (χ2n) is 6.05. The van der Waals surface area contributed by atoms with Gasteiger partial charge in [0, 0.05) is 18.3 Å². The van der Waals surface area contributed by atoms with Crippen molar-refractivity contribution in [3.8, 4) is 11.5 Å². The maximum atomic E-state index is 9.71. The number of fused-ring (bicyclic) bond motifs is 1. The third kappa shape index (κ3) is 2.68. The first-order valence-electron chi connectivity index (χ1n) is 7.42. The minimum Gasteiger partial charge on any atom is -0.508 e. The molecule has 2 atom stereocenters. The number of nitrogens with zero attached hydrogens (tertiary/aromatic N) is 1. The predicted molar refractivity (Wildman–Crippen MR) is 84.8 cm³/mol. The molecule has 2 N–H and O–H groups in total. The first-order chi connectivity index (χ1) is 10.0. The SMILES string of the molecule is CC1Cc2ccccc2N(C(C)c2cc(O)cc(O)c2)C1. The molecule has 0 aromatic heterocycles. The molecule has 0 fully saturated rings. The number of para-hydroxylation sites is 1. The van der Waals surface area contributed by atoms with Crippen molar-refractivity contribution in [1.82, 2.24) is 0 Å². The predicted octanol–water partition coefficient (Wildman–Crippen LogP) is 3.86. The lowest BCUT2D eigenvalue weighted by atomic mass is 9.91. The lowest BCUT2D eigenvalue weighted by Crippen LogP contribution is -2.36. The number of anilines is 1. The molecular weight excluding hydrogens is 262 g/mol. The van der Waals surface area contributed by atoms with Gasteiger partial charge in [0.05, 0.1) is 6.04 Å². The molecule has 21 heavy (non-hydrogen) atoms. The molecule has 2 aromatic carbocycles. The molecule has 1 heterocycles. The molecule has 2 unspecified atom stereocenters. The lowest BCUT2D eigenvalue weighted by Gasteiger charge is -2.39. The molecule has 0 spiro atoms. The van der Waals surface area contributed by atoms with Gasteiger partial charge in [0.25, 0.3) is 0 Å². The molecule has 3 nitrogen and oxygen atoms in total. The van der Waals surface area contributed by atoms with Gasteiger partial charge in [-0.1, -0.05) is 25.1 Å². The van der Waals surface area contributed by atoms with Crippen molar-refractivity contribution in [3.63, 3.8) is 0 Å². The van der Waals surface area contributed by atoms with Gasteiger partial charge in [-0.15, -0.1) is 0 Å². The Morgan fingerprint density at radius 2 is 1.76 bits per heavy atom. The van der Waals surface area contributed by atoms with Gasteiger partial charge >= 0.3 is 0 Å². The van der Waals surface area contributed by atoms with Gasteiger partial charge in [-0.2, -0.15) is 0 Å². The molecule has 1 aliphatic heterocycles. The summed E-state index contributed by atoms with van der Waals surface area (Å²) in [6.07, 6.45) is 1.10. The smallest absolute Gasteiger partial charge is 0.119 e. The summed E-state index contributed by atoms with van der Waals surface area (Å²) >= 11 is 0. The molecule has 1 aliphatic rings. The minimum atomic E-state index is 0.104. The largest absolute Gasteiger partial charge is 0.508 e. The highest BCUT2D eigenvalue weighted by Crippen LogP contribution is 2.37. The van der Waals surface area contributed by atoms with Gasteiger partial charge < -0.3 is 15.1 Å². The minimum absolute atomic E-state index is 0.104. The molecule has 110 valence electrons. The molecule has 0 amide bonds. The number of phenols is 2. The molecule has 0 aliphatic carbocycles. The van der Waals surface area contributed by atoms with Crippen molar-refractivity contribution >= 4 is 5.69 Å². The van der Waals surface area contributed by atoms with Gasteiger partial charge in [0.15, 0.2) is 0 Å². The van der Waals surface area contributed by atoms with Crippen LogP contribution in [0.1, 0.15) is 31.0 Å². The molecule has 2 aromatic rings.